The molecule has 6 nitrogen and oxygen atoms in total. The molecule has 0 bridgehead atoms. The Labute approximate surface area is 141 Å². The molecule has 24 heavy (non-hydrogen) atoms. The number of nitrogens with one attached hydrogen (secondary N) is 2. The number of halogens is 2. The summed E-state index contributed by atoms with van der Waals surface area (Å²) in [4.78, 5) is 36.4. The van der Waals surface area contributed by atoms with E-state index in [2.05, 4.69) is 10.6 Å². The van der Waals surface area contributed by atoms with Crippen LogP contribution in [0, 0.1) is 12.7 Å². The average Bonchev–Trinajstić information content (AvgIpc) is 2.81. The molecule has 1 unspecified atom stereocenters. The zero-order valence-electron chi connectivity index (χ0n) is 12.6. The number of rotatable bonds is 3. The number of imide groups is 1. The van der Waals surface area contributed by atoms with E-state index in [4.69, 9.17) is 11.6 Å². The Morgan fingerprint density at radius 3 is 2.62 bits per heavy atom. The predicted molar refractivity (Wildman–Crippen MR) is 85.2 cm³/mol. The van der Waals surface area contributed by atoms with Crippen LogP contribution in [-0.4, -0.2) is 16.5 Å². The Hall–Kier alpha value is -2.67. The molecule has 1 saturated heterocycles. The summed E-state index contributed by atoms with van der Waals surface area (Å²) in [6.45, 7) is 1.50. The van der Waals surface area contributed by atoms with Crippen LogP contribution in [0.1, 0.15) is 11.1 Å². The second-order valence-corrected chi connectivity index (χ2v) is 5.97. The second kappa shape index (κ2) is 5.76. The molecule has 1 fully saturated rings. The minimum absolute atomic E-state index is 0.146. The number of hydrogen-bond donors (Lipinski definition) is 2. The van der Waals surface area contributed by atoms with Crippen LogP contribution < -0.4 is 16.2 Å². The molecule has 3 amide bonds. The third-order valence-electron chi connectivity index (χ3n) is 3.97. The van der Waals surface area contributed by atoms with Gasteiger partial charge in [0, 0.05) is 11.8 Å². The summed E-state index contributed by atoms with van der Waals surface area (Å²) in [6, 6.07) is 6.34. The van der Waals surface area contributed by atoms with Gasteiger partial charge in [0.2, 0.25) is 0 Å². The monoisotopic (exact) mass is 349 g/mol. The number of amides is 3. The van der Waals surface area contributed by atoms with Gasteiger partial charge in [0.25, 0.3) is 11.5 Å². The summed E-state index contributed by atoms with van der Waals surface area (Å²) >= 11 is 5.81. The number of nitrogens with zero attached hydrogens (tertiary/aromatic N) is 1. The minimum Gasteiger partial charge on any atom is -0.318 e. The van der Waals surface area contributed by atoms with Crippen molar-refractivity contribution in [2.24, 2.45) is 0 Å². The van der Waals surface area contributed by atoms with Crippen molar-refractivity contribution >= 4 is 23.5 Å². The SMILES string of the molecule is Cc1cccn(CC2(c3ccc(F)c(Cl)c3)NC(=O)NC2=O)c1=O. The first-order valence-electron chi connectivity index (χ1n) is 7.09. The van der Waals surface area contributed by atoms with Crippen molar-refractivity contribution < 1.29 is 14.0 Å². The number of urea groups is 1. The Balaban J connectivity index is 2.15. The standard InChI is InChI=1S/C16H13ClFN3O3/c1-9-3-2-6-21(13(9)22)8-16(14(23)19-15(24)20-16)10-4-5-12(18)11(17)7-10/h2-7H,8H2,1H3,(H2,19,20,23,24). The molecule has 2 heterocycles. The van der Waals surface area contributed by atoms with Crippen LogP contribution in [-0.2, 0) is 16.9 Å². The smallest absolute Gasteiger partial charge is 0.318 e. The number of benzene rings is 1. The lowest BCUT2D eigenvalue weighted by Gasteiger charge is -2.27. The molecule has 0 aliphatic carbocycles. The van der Waals surface area contributed by atoms with Gasteiger partial charge in [0.15, 0.2) is 5.54 Å². The van der Waals surface area contributed by atoms with Gasteiger partial charge in [-0.1, -0.05) is 23.7 Å². The molecular formula is C16H13ClFN3O3. The topological polar surface area (TPSA) is 80.2 Å². The fraction of sp³-hybridized carbons (Fsp3) is 0.188. The maximum atomic E-state index is 13.5. The molecule has 1 aliphatic heterocycles. The lowest BCUT2D eigenvalue weighted by Crippen LogP contribution is -2.49. The number of hydrogen-bond acceptors (Lipinski definition) is 3. The van der Waals surface area contributed by atoms with Crippen LogP contribution in [0.15, 0.2) is 41.3 Å². The third-order valence-corrected chi connectivity index (χ3v) is 4.26. The number of carbonyl (C=O) groups excluding carboxylic acids is 2. The van der Waals surface area contributed by atoms with Gasteiger partial charge in [-0.15, -0.1) is 0 Å². The Morgan fingerprint density at radius 2 is 2.00 bits per heavy atom. The molecule has 8 heteroatoms. The number of aryl methyl sites for hydroxylation is 1. The van der Waals surface area contributed by atoms with E-state index in [1.54, 1.807) is 19.1 Å². The summed E-state index contributed by atoms with van der Waals surface area (Å²) < 4.78 is 14.8. The van der Waals surface area contributed by atoms with E-state index < -0.39 is 23.3 Å². The van der Waals surface area contributed by atoms with E-state index >= 15 is 0 Å². The van der Waals surface area contributed by atoms with Gasteiger partial charge in [-0.3, -0.25) is 14.9 Å². The minimum atomic E-state index is -1.55. The van der Waals surface area contributed by atoms with Crippen LogP contribution in [0.2, 0.25) is 5.02 Å². The molecule has 3 rings (SSSR count). The highest BCUT2D eigenvalue weighted by Gasteiger charge is 2.48. The maximum Gasteiger partial charge on any atom is 0.322 e. The first kappa shape index (κ1) is 16.2. The summed E-state index contributed by atoms with van der Waals surface area (Å²) in [5.74, 6) is -1.28. The number of carbonyl (C=O) groups is 2. The van der Waals surface area contributed by atoms with E-state index in [-0.39, 0.29) is 22.7 Å². The molecule has 124 valence electrons. The van der Waals surface area contributed by atoms with Crippen molar-refractivity contribution in [2.45, 2.75) is 19.0 Å². The fourth-order valence-electron chi connectivity index (χ4n) is 2.70. The van der Waals surface area contributed by atoms with E-state index in [1.165, 1.54) is 22.9 Å². The molecule has 0 spiro atoms. The Morgan fingerprint density at radius 1 is 1.25 bits per heavy atom. The van der Waals surface area contributed by atoms with E-state index in [0.717, 1.165) is 6.07 Å². The molecule has 2 N–H and O–H groups in total. The average molecular weight is 350 g/mol. The van der Waals surface area contributed by atoms with E-state index in [0.29, 0.717) is 5.56 Å². The lowest BCUT2D eigenvalue weighted by molar-refractivity contribution is -0.124. The van der Waals surface area contributed by atoms with Gasteiger partial charge in [-0.05, 0) is 30.7 Å². The van der Waals surface area contributed by atoms with Gasteiger partial charge in [-0.25, -0.2) is 9.18 Å². The Bertz CT molecular complexity index is 912. The van der Waals surface area contributed by atoms with Crippen LogP contribution in [0.4, 0.5) is 9.18 Å². The van der Waals surface area contributed by atoms with Gasteiger partial charge >= 0.3 is 6.03 Å². The first-order chi connectivity index (χ1) is 11.3. The largest absolute Gasteiger partial charge is 0.322 e. The second-order valence-electron chi connectivity index (χ2n) is 5.57. The highest BCUT2D eigenvalue weighted by molar-refractivity contribution is 6.30. The van der Waals surface area contributed by atoms with Crippen molar-refractivity contribution in [3.8, 4) is 0 Å². The summed E-state index contributed by atoms with van der Waals surface area (Å²) in [6.07, 6.45) is 1.51. The fourth-order valence-corrected chi connectivity index (χ4v) is 2.88. The van der Waals surface area contributed by atoms with Crippen molar-refractivity contribution in [3.63, 3.8) is 0 Å². The number of aromatic nitrogens is 1. The Kier molecular flexibility index (Phi) is 3.88. The van der Waals surface area contributed by atoms with Crippen molar-refractivity contribution in [3.05, 3.63) is 68.8 Å². The normalized spacial score (nSPS) is 20.0. The highest BCUT2D eigenvalue weighted by Crippen LogP contribution is 2.29. The molecular weight excluding hydrogens is 337 g/mol. The zero-order chi connectivity index (χ0) is 17.5. The van der Waals surface area contributed by atoms with Gasteiger partial charge in [-0.2, -0.15) is 0 Å². The van der Waals surface area contributed by atoms with E-state index in [1.807, 2.05) is 0 Å². The summed E-state index contributed by atoms with van der Waals surface area (Å²) in [5, 5.41) is 4.51. The maximum absolute atomic E-state index is 13.5. The van der Waals surface area contributed by atoms with Crippen LogP contribution >= 0.6 is 11.6 Å². The zero-order valence-corrected chi connectivity index (χ0v) is 13.4. The lowest BCUT2D eigenvalue weighted by atomic mass is 9.89. The first-order valence-corrected chi connectivity index (χ1v) is 7.46. The third kappa shape index (κ3) is 2.56. The highest BCUT2D eigenvalue weighted by atomic mass is 35.5. The quantitative estimate of drug-likeness (QED) is 0.827. The predicted octanol–water partition coefficient (Wildman–Crippen LogP) is 1.68. The molecule has 1 aliphatic rings. The van der Waals surface area contributed by atoms with Gasteiger partial charge in [0.1, 0.15) is 5.82 Å². The molecule has 1 atom stereocenters. The van der Waals surface area contributed by atoms with Gasteiger partial charge in [0.05, 0.1) is 11.6 Å². The molecule has 1 aromatic heterocycles. The van der Waals surface area contributed by atoms with Crippen LogP contribution in [0.25, 0.3) is 0 Å². The molecule has 2 aromatic rings. The molecule has 0 radical (unpaired) electrons. The molecule has 1 aromatic carbocycles. The van der Waals surface area contributed by atoms with E-state index in [9.17, 15) is 18.8 Å². The van der Waals surface area contributed by atoms with Crippen LogP contribution in [0.5, 0.6) is 0 Å². The van der Waals surface area contributed by atoms with Gasteiger partial charge < -0.3 is 9.88 Å². The summed E-state index contributed by atoms with van der Waals surface area (Å²) in [7, 11) is 0. The number of pyridine rings is 1. The van der Waals surface area contributed by atoms with Crippen molar-refractivity contribution in [1.82, 2.24) is 15.2 Å². The van der Waals surface area contributed by atoms with Crippen LogP contribution in [0.3, 0.4) is 0 Å². The molecule has 0 saturated carbocycles. The summed E-state index contributed by atoms with van der Waals surface area (Å²) in [5.41, 5.74) is -1.06. The van der Waals surface area contributed by atoms with Crippen molar-refractivity contribution in [2.75, 3.05) is 0 Å². The van der Waals surface area contributed by atoms with Crippen molar-refractivity contribution in [1.29, 1.82) is 0 Å².